The lowest BCUT2D eigenvalue weighted by atomic mass is 10.2. The summed E-state index contributed by atoms with van der Waals surface area (Å²) in [5.41, 5.74) is 0.415. The molecule has 0 aliphatic heterocycles. The second-order valence-corrected chi connectivity index (χ2v) is 10.3. The predicted molar refractivity (Wildman–Crippen MR) is 96.1 cm³/mol. The molecule has 27 heavy (non-hydrogen) atoms. The lowest BCUT2D eigenvalue weighted by molar-refractivity contribution is 0.442. The van der Waals surface area contributed by atoms with Crippen molar-refractivity contribution in [2.24, 2.45) is 0 Å². The van der Waals surface area contributed by atoms with Gasteiger partial charge in [-0.25, -0.2) is 21.2 Å². The quantitative estimate of drug-likeness (QED) is 0.640. The summed E-state index contributed by atoms with van der Waals surface area (Å²) < 4.78 is 70.2. The third-order valence-corrected chi connectivity index (χ3v) is 7.65. The van der Waals surface area contributed by atoms with Crippen LogP contribution in [0.1, 0.15) is 13.8 Å². The molecule has 0 amide bonds. The minimum Gasteiger partial charge on any atom is -0.423 e. The number of aromatic nitrogens is 1. The van der Waals surface area contributed by atoms with Crippen LogP contribution >= 0.6 is 0 Å². The van der Waals surface area contributed by atoms with E-state index in [2.05, 4.69) is 4.98 Å². The number of hydrogen-bond acceptors (Lipinski definition) is 6. The molecule has 3 aromatic rings. The molecule has 0 atom stereocenters. The average molecular weight is 409 g/mol. The molecule has 3 rings (SSSR count). The van der Waals surface area contributed by atoms with Crippen LogP contribution in [-0.2, 0) is 19.7 Å². The van der Waals surface area contributed by atoms with Crippen LogP contribution in [0.25, 0.3) is 11.5 Å². The second kappa shape index (κ2) is 6.90. The molecule has 0 N–H and O–H groups in total. The van der Waals surface area contributed by atoms with Crippen LogP contribution in [-0.4, -0.2) is 27.1 Å². The topological polar surface area (TPSA) is 94.3 Å². The largest absolute Gasteiger partial charge is 0.423 e. The van der Waals surface area contributed by atoms with Crippen molar-refractivity contribution in [3.05, 3.63) is 60.4 Å². The van der Waals surface area contributed by atoms with Crippen molar-refractivity contribution >= 4 is 19.7 Å². The number of oxazole rings is 1. The van der Waals surface area contributed by atoms with Crippen LogP contribution in [0.4, 0.5) is 4.39 Å². The number of sulfone groups is 2. The van der Waals surface area contributed by atoms with Crippen LogP contribution in [0, 0.1) is 5.82 Å². The molecule has 0 saturated heterocycles. The van der Waals surface area contributed by atoms with E-state index in [9.17, 15) is 21.2 Å². The molecule has 1 heterocycles. The maximum Gasteiger partial charge on any atom is 0.258 e. The van der Waals surface area contributed by atoms with E-state index in [-0.39, 0.29) is 5.89 Å². The number of halogens is 1. The van der Waals surface area contributed by atoms with E-state index < -0.39 is 45.8 Å². The van der Waals surface area contributed by atoms with Gasteiger partial charge in [-0.05, 0) is 44.2 Å². The highest BCUT2D eigenvalue weighted by Crippen LogP contribution is 2.33. The van der Waals surface area contributed by atoms with Gasteiger partial charge in [0.15, 0.2) is 0 Å². The van der Waals surface area contributed by atoms with Gasteiger partial charge in [0.2, 0.25) is 30.6 Å². The van der Waals surface area contributed by atoms with Gasteiger partial charge in [-0.1, -0.05) is 24.3 Å². The minimum absolute atomic E-state index is 0.148. The highest BCUT2D eigenvalue weighted by Gasteiger charge is 2.37. The van der Waals surface area contributed by atoms with E-state index in [1.165, 1.54) is 26.0 Å². The molecule has 0 fully saturated rings. The van der Waals surface area contributed by atoms with Crippen molar-refractivity contribution in [1.82, 2.24) is 4.98 Å². The summed E-state index contributed by atoms with van der Waals surface area (Å²) in [4.78, 5) is 3.54. The molecule has 2 aromatic carbocycles. The molecular formula is C18H16FNO5S2. The first kappa shape index (κ1) is 19.2. The molecule has 6 nitrogen and oxygen atoms in total. The van der Waals surface area contributed by atoms with Crippen molar-refractivity contribution in [3.8, 4) is 11.5 Å². The Bertz CT molecular complexity index is 1180. The molecule has 142 valence electrons. The molecule has 0 bridgehead atoms. The normalized spacial score (nSPS) is 12.4. The minimum atomic E-state index is -4.42. The number of nitrogens with zero attached hydrogens (tertiary/aromatic N) is 1. The molecule has 0 aliphatic carbocycles. The fourth-order valence-electron chi connectivity index (χ4n) is 2.31. The summed E-state index contributed by atoms with van der Waals surface area (Å²) in [6.45, 7) is 2.80. The standard InChI is InChI=1S/C18H16FNO5S2/c1-12(2)26(21,22)18-17(20-16(25-18)13-7-4-3-5-8-13)27(23,24)15-10-6-9-14(19)11-15/h3-12H,1-2H3. The number of benzene rings is 2. The Hall–Kier alpha value is -2.52. The van der Waals surface area contributed by atoms with Crippen LogP contribution in [0.2, 0.25) is 0 Å². The molecule has 9 heteroatoms. The molecule has 1 aromatic heterocycles. The zero-order valence-corrected chi connectivity index (χ0v) is 16.1. The second-order valence-electron chi connectivity index (χ2n) is 6.03. The fraction of sp³-hybridized carbons (Fsp3) is 0.167. The van der Waals surface area contributed by atoms with Crippen molar-refractivity contribution in [3.63, 3.8) is 0 Å². The van der Waals surface area contributed by atoms with E-state index in [0.717, 1.165) is 12.1 Å². The zero-order chi connectivity index (χ0) is 19.8. The summed E-state index contributed by atoms with van der Waals surface area (Å²) in [6.07, 6.45) is 0. The smallest absolute Gasteiger partial charge is 0.258 e. The summed E-state index contributed by atoms with van der Waals surface area (Å²) in [5.74, 6) is -0.916. The van der Waals surface area contributed by atoms with Crippen LogP contribution in [0.15, 0.2) is 74.0 Å². The Morgan fingerprint density at radius 3 is 2.22 bits per heavy atom. The van der Waals surface area contributed by atoms with Gasteiger partial charge in [-0.15, -0.1) is 0 Å². The highest BCUT2D eigenvalue weighted by atomic mass is 32.2. The van der Waals surface area contributed by atoms with Crippen LogP contribution in [0.5, 0.6) is 0 Å². The van der Waals surface area contributed by atoms with E-state index in [4.69, 9.17) is 4.42 Å². The summed E-state index contributed by atoms with van der Waals surface area (Å²) in [6, 6.07) is 12.6. The first-order valence-electron chi connectivity index (χ1n) is 7.95. The molecule has 0 aliphatic rings. The predicted octanol–water partition coefficient (Wildman–Crippen LogP) is 3.50. The van der Waals surface area contributed by atoms with Gasteiger partial charge in [0.25, 0.3) is 5.09 Å². The Labute approximate surface area is 156 Å². The summed E-state index contributed by atoms with van der Waals surface area (Å²) in [5, 5.41) is -2.43. The Balaban J connectivity index is 2.30. The van der Waals surface area contributed by atoms with Gasteiger partial charge in [0, 0.05) is 5.56 Å². The van der Waals surface area contributed by atoms with E-state index in [0.29, 0.717) is 5.56 Å². The average Bonchev–Trinajstić information content (AvgIpc) is 3.09. The van der Waals surface area contributed by atoms with Gasteiger partial charge in [-0.2, -0.15) is 4.98 Å². The maximum absolute atomic E-state index is 13.5. The van der Waals surface area contributed by atoms with Crippen molar-refractivity contribution in [1.29, 1.82) is 0 Å². The van der Waals surface area contributed by atoms with Gasteiger partial charge in [0.05, 0.1) is 10.1 Å². The Morgan fingerprint density at radius 2 is 1.63 bits per heavy atom. The molecule has 0 radical (unpaired) electrons. The summed E-state index contributed by atoms with van der Waals surface area (Å²) in [7, 11) is -8.52. The Kier molecular flexibility index (Phi) is 4.92. The third kappa shape index (κ3) is 3.52. The van der Waals surface area contributed by atoms with Gasteiger partial charge in [0.1, 0.15) is 5.82 Å². The van der Waals surface area contributed by atoms with Crippen LogP contribution < -0.4 is 0 Å². The zero-order valence-electron chi connectivity index (χ0n) is 14.5. The lowest BCUT2D eigenvalue weighted by Crippen LogP contribution is -2.17. The first-order valence-corrected chi connectivity index (χ1v) is 11.0. The lowest BCUT2D eigenvalue weighted by Gasteiger charge is -2.07. The van der Waals surface area contributed by atoms with E-state index in [1.54, 1.807) is 30.3 Å². The van der Waals surface area contributed by atoms with E-state index in [1.807, 2.05) is 0 Å². The molecule has 0 unspecified atom stereocenters. The SMILES string of the molecule is CC(C)S(=O)(=O)c1oc(-c2ccccc2)nc1S(=O)(=O)c1cccc(F)c1. The first-order chi connectivity index (χ1) is 12.6. The van der Waals surface area contributed by atoms with Crippen molar-refractivity contribution in [2.75, 3.05) is 0 Å². The Morgan fingerprint density at radius 1 is 0.963 bits per heavy atom. The van der Waals surface area contributed by atoms with Crippen molar-refractivity contribution < 1.29 is 25.6 Å². The van der Waals surface area contributed by atoms with Gasteiger partial charge < -0.3 is 4.42 Å². The maximum atomic E-state index is 13.5. The molecular weight excluding hydrogens is 393 g/mol. The summed E-state index contributed by atoms with van der Waals surface area (Å²) >= 11 is 0. The van der Waals surface area contributed by atoms with E-state index >= 15 is 0 Å². The molecule has 0 saturated carbocycles. The fourth-order valence-corrected chi connectivity index (χ4v) is 5.11. The van der Waals surface area contributed by atoms with Crippen LogP contribution in [0.3, 0.4) is 0 Å². The highest BCUT2D eigenvalue weighted by molar-refractivity contribution is 7.94. The number of rotatable bonds is 5. The van der Waals surface area contributed by atoms with Gasteiger partial charge in [-0.3, -0.25) is 0 Å². The van der Waals surface area contributed by atoms with Gasteiger partial charge >= 0.3 is 0 Å². The van der Waals surface area contributed by atoms with Crippen molar-refractivity contribution in [2.45, 2.75) is 34.1 Å². The molecule has 0 spiro atoms. The monoisotopic (exact) mass is 409 g/mol. The third-order valence-electron chi connectivity index (χ3n) is 3.83. The number of hydrogen-bond donors (Lipinski definition) is 0.